The van der Waals surface area contributed by atoms with E-state index >= 15 is 0 Å². The molecule has 1 aliphatic heterocycles. The lowest BCUT2D eigenvalue weighted by Gasteiger charge is -2.21. The zero-order valence-corrected chi connectivity index (χ0v) is 9.97. The zero-order chi connectivity index (χ0) is 12.4. The highest BCUT2D eigenvalue weighted by Gasteiger charge is 2.38. The van der Waals surface area contributed by atoms with Crippen LogP contribution in [0.15, 0.2) is 0 Å². The number of nitrogens with zero attached hydrogens (tertiary/aromatic N) is 1. The number of carboxylic acid groups (broad SMARTS) is 1. The number of carboxylic acids is 1. The van der Waals surface area contributed by atoms with Gasteiger partial charge in [-0.2, -0.15) is 0 Å². The quantitative estimate of drug-likeness (QED) is 0.746. The molecule has 0 spiro atoms. The number of nitrogens with two attached hydrogens (primary N) is 1. The van der Waals surface area contributed by atoms with Crippen LogP contribution in [0.25, 0.3) is 0 Å². The summed E-state index contributed by atoms with van der Waals surface area (Å²) in [6, 6.07) is -0.648. The van der Waals surface area contributed by atoms with Crippen molar-refractivity contribution >= 4 is 11.9 Å². The molecule has 2 aliphatic rings. The minimum absolute atomic E-state index is 0.0341. The first-order chi connectivity index (χ1) is 8.08. The normalized spacial score (nSPS) is 29.1. The van der Waals surface area contributed by atoms with E-state index < -0.39 is 12.0 Å². The van der Waals surface area contributed by atoms with Crippen molar-refractivity contribution < 1.29 is 14.7 Å². The molecule has 5 nitrogen and oxygen atoms in total. The number of hydrogen-bond donors (Lipinski definition) is 2. The molecule has 2 fully saturated rings. The third-order valence-corrected chi connectivity index (χ3v) is 4.02. The van der Waals surface area contributed by atoms with Crippen molar-refractivity contribution in [2.45, 2.75) is 38.1 Å². The molecular formula is C12H20N2O3. The van der Waals surface area contributed by atoms with E-state index in [0.29, 0.717) is 11.8 Å². The average Bonchev–Trinajstić information content (AvgIpc) is 2.84. The fourth-order valence-corrected chi connectivity index (χ4v) is 3.05. The van der Waals surface area contributed by atoms with Gasteiger partial charge in [0.15, 0.2) is 0 Å². The first-order valence-electron chi connectivity index (χ1n) is 6.34. The molecule has 96 valence electrons. The molecule has 3 N–H and O–H groups in total. The van der Waals surface area contributed by atoms with Gasteiger partial charge in [-0.3, -0.25) is 9.59 Å². The molecule has 1 amide bonds. The molecule has 3 unspecified atom stereocenters. The fraction of sp³-hybridized carbons (Fsp3) is 0.833. The molecule has 17 heavy (non-hydrogen) atoms. The maximum atomic E-state index is 12.0. The van der Waals surface area contributed by atoms with Crippen molar-refractivity contribution in [1.29, 1.82) is 0 Å². The Morgan fingerprint density at radius 3 is 2.41 bits per heavy atom. The second kappa shape index (κ2) is 5.04. The van der Waals surface area contributed by atoms with Gasteiger partial charge >= 0.3 is 5.97 Å². The molecule has 1 saturated heterocycles. The minimum Gasteiger partial charge on any atom is -0.481 e. The van der Waals surface area contributed by atoms with Crippen molar-refractivity contribution in [2.75, 3.05) is 13.1 Å². The number of likely N-dealkylation sites (tertiary alicyclic amines) is 1. The van der Waals surface area contributed by atoms with Gasteiger partial charge in [0.25, 0.3) is 0 Å². The van der Waals surface area contributed by atoms with Crippen molar-refractivity contribution in [3.63, 3.8) is 0 Å². The Bertz CT molecular complexity index is 307. The number of carbonyl (C=O) groups is 2. The van der Waals surface area contributed by atoms with Crippen molar-refractivity contribution in [3.05, 3.63) is 0 Å². The fourth-order valence-electron chi connectivity index (χ4n) is 3.05. The molecule has 0 bridgehead atoms. The third-order valence-electron chi connectivity index (χ3n) is 4.02. The van der Waals surface area contributed by atoms with E-state index in [1.807, 2.05) is 4.90 Å². The van der Waals surface area contributed by atoms with Crippen molar-refractivity contribution in [3.8, 4) is 0 Å². The van der Waals surface area contributed by atoms with Gasteiger partial charge in [0, 0.05) is 19.5 Å². The Balaban J connectivity index is 1.82. The van der Waals surface area contributed by atoms with Crippen LogP contribution in [0.1, 0.15) is 32.1 Å². The molecule has 3 atom stereocenters. The van der Waals surface area contributed by atoms with E-state index in [0.717, 1.165) is 13.1 Å². The number of carbonyl (C=O) groups excluding carboxylic acids is 1. The van der Waals surface area contributed by atoms with E-state index in [-0.39, 0.29) is 18.7 Å². The van der Waals surface area contributed by atoms with E-state index in [1.165, 1.54) is 19.3 Å². The van der Waals surface area contributed by atoms with Crippen LogP contribution in [0.5, 0.6) is 0 Å². The summed E-state index contributed by atoms with van der Waals surface area (Å²) in [5, 5.41) is 8.56. The maximum Gasteiger partial charge on any atom is 0.303 e. The summed E-state index contributed by atoms with van der Waals surface area (Å²) in [4.78, 5) is 24.3. The summed E-state index contributed by atoms with van der Waals surface area (Å²) in [6.07, 6.45) is 3.92. The van der Waals surface area contributed by atoms with Gasteiger partial charge in [-0.25, -0.2) is 0 Å². The third kappa shape index (κ3) is 2.77. The largest absolute Gasteiger partial charge is 0.481 e. The highest BCUT2D eigenvalue weighted by molar-refractivity contribution is 5.82. The molecule has 2 rings (SSSR count). The SMILES string of the molecule is NC(CCC(=O)O)C(=O)N1CC2CCCC2C1. The van der Waals surface area contributed by atoms with Gasteiger partial charge in [-0.15, -0.1) is 0 Å². The number of hydrogen-bond acceptors (Lipinski definition) is 3. The molecule has 0 radical (unpaired) electrons. The van der Waals surface area contributed by atoms with E-state index in [2.05, 4.69) is 0 Å². The Labute approximate surface area is 101 Å². The van der Waals surface area contributed by atoms with Crippen LogP contribution in [0.4, 0.5) is 0 Å². The molecule has 0 aromatic carbocycles. The van der Waals surface area contributed by atoms with Crippen LogP contribution < -0.4 is 5.73 Å². The van der Waals surface area contributed by atoms with Gasteiger partial charge in [0.2, 0.25) is 5.91 Å². The number of fused-ring (bicyclic) bond motifs is 1. The van der Waals surface area contributed by atoms with Crippen LogP contribution in [0, 0.1) is 11.8 Å². The molecule has 0 aromatic heterocycles. The van der Waals surface area contributed by atoms with Crippen LogP contribution in [-0.4, -0.2) is 41.0 Å². The summed E-state index contributed by atoms with van der Waals surface area (Å²) in [5.41, 5.74) is 5.74. The predicted molar refractivity (Wildman–Crippen MR) is 62.3 cm³/mol. The Hall–Kier alpha value is -1.10. The van der Waals surface area contributed by atoms with E-state index in [4.69, 9.17) is 10.8 Å². The van der Waals surface area contributed by atoms with Crippen LogP contribution >= 0.6 is 0 Å². The number of rotatable bonds is 4. The smallest absolute Gasteiger partial charge is 0.303 e. The monoisotopic (exact) mass is 240 g/mol. The van der Waals surface area contributed by atoms with Crippen LogP contribution in [0.2, 0.25) is 0 Å². The highest BCUT2D eigenvalue weighted by Crippen LogP contribution is 2.37. The van der Waals surface area contributed by atoms with Gasteiger partial charge < -0.3 is 15.7 Å². The number of amides is 1. The Kier molecular flexibility index (Phi) is 3.66. The molecule has 1 heterocycles. The minimum atomic E-state index is -0.897. The summed E-state index contributed by atoms with van der Waals surface area (Å²) < 4.78 is 0. The summed E-state index contributed by atoms with van der Waals surface area (Å²) in [7, 11) is 0. The second-order valence-corrected chi connectivity index (χ2v) is 5.23. The lowest BCUT2D eigenvalue weighted by Crippen LogP contribution is -2.43. The summed E-state index contributed by atoms with van der Waals surface area (Å²) in [6.45, 7) is 1.65. The lowest BCUT2D eigenvalue weighted by molar-refractivity contribution is -0.137. The topological polar surface area (TPSA) is 83.6 Å². The first kappa shape index (κ1) is 12.4. The van der Waals surface area contributed by atoms with Gasteiger partial charge in [-0.1, -0.05) is 6.42 Å². The molecular weight excluding hydrogens is 220 g/mol. The molecule has 0 aromatic rings. The zero-order valence-electron chi connectivity index (χ0n) is 9.97. The van der Waals surface area contributed by atoms with Crippen molar-refractivity contribution in [2.24, 2.45) is 17.6 Å². The summed E-state index contributed by atoms with van der Waals surface area (Å²) in [5.74, 6) is 0.350. The predicted octanol–water partition coefficient (Wildman–Crippen LogP) is 0.437. The van der Waals surface area contributed by atoms with Crippen LogP contribution in [0.3, 0.4) is 0 Å². The second-order valence-electron chi connectivity index (χ2n) is 5.23. The van der Waals surface area contributed by atoms with E-state index in [1.54, 1.807) is 0 Å². The summed E-state index contributed by atoms with van der Waals surface area (Å²) >= 11 is 0. The Morgan fingerprint density at radius 1 is 1.29 bits per heavy atom. The highest BCUT2D eigenvalue weighted by atomic mass is 16.4. The Morgan fingerprint density at radius 2 is 1.88 bits per heavy atom. The number of aliphatic carboxylic acids is 1. The standard InChI is InChI=1S/C12H20N2O3/c13-10(4-5-11(15)16)12(17)14-6-8-2-1-3-9(8)7-14/h8-10H,1-7,13H2,(H,15,16). The van der Waals surface area contributed by atoms with Gasteiger partial charge in [0.1, 0.15) is 0 Å². The van der Waals surface area contributed by atoms with Gasteiger partial charge in [-0.05, 0) is 31.1 Å². The van der Waals surface area contributed by atoms with E-state index in [9.17, 15) is 9.59 Å². The maximum absolute atomic E-state index is 12.0. The van der Waals surface area contributed by atoms with Gasteiger partial charge in [0.05, 0.1) is 6.04 Å². The first-order valence-corrected chi connectivity index (χ1v) is 6.34. The average molecular weight is 240 g/mol. The molecule has 1 saturated carbocycles. The van der Waals surface area contributed by atoms with Crippen molar-refractivity contribution in [1.82, 2.24) is 4.90 Å². The van der Waals surface area contributed by atoms with Crippen LogP contribution in [-0.2, 0) is 9.59 Å². The molecule has 1 aliphatic carbocycles. The molecule has 5 heteroatoms. The lowest BCUT2D eigenvalue weighted by atomic mass is 10.0.